The first-order valence-corrected chi connectivity index (χ1v) is 6.91. The molecule has 0 aromatic carbocycles. The summed E-state index contributed by atoms with van der Waals surface area (Å²) in [5.74, 6) is 0. The maximum Gasteiger partial charge on any atom is 0.343 e. The minimum atomic E-state index is -0.214. The van der Waals surface area contributed by atoms with Crippen LogP contribution in [0.3, 0.4) is 0 Å². The molecule has 0 aliphatic carbocycles. The quantitative estimate of drug-likeness (QED) is 0.755. The molecule has 102 valence electrons. The molecule has 0 spiro atoms. The summed E-state index contributed by atoms with van der Waals surface area (Å²) in [6, 6.07) is 0. The summed E-state index contributed by atoms with van der Waals surface area (Å²) in [4.78, 5) is 19.9. The van der Waals surface area contributed by atoms with E-state index in [2.05, 4.69) is 25.5 Å². The Labute approximate surface area is 114 Å². The number of rotatable bonds is 6. The van der Waals surface area contributed by atoms with Gasteiger partial charge in [-0.2, -0.15) is 0 Å². The lowest BCUT2D eigenvalue weighted by Gasteiger charge is -2.03. The molecule has 2 rings (SSSR count). The summed E-state index contributed by atoms with van der Waals surface area (Å²) in [6.45, 7) is 6.17. The van der Waals surface area contributed by atoms with E-state index < -0.39 is 0 Å². The van der Waals surface area contributed by atoms with Gasteiger partial charge in [0.25, 0.3) is 0 Å². The van der Waals surface area contributed by atoms with E-state index in [0.29, 0.717) is 16.9 Å². The fraction of sp³-hybridized carbons (Fsp3) is 0.455. The number of aromatic nitrogens is 5. The highest BCUT2D eigenvalue weighted by atomic mass is 32.2. The molecular weight excluding hydrogens is 264 g/mol. The van der Waals surface area contributed by atoms with Gasteiger partial charge in [0, 0.05) is 31.0 Å². The Morgan fingerprint density at radius 2 is 2.11 bits per heavy atom. The Bertz CT molecular complexity index is 576. The maximum absolute atomic E-state index is 11.4. The third-order valence-corrected chi connectivity index (χ3v) is 3.37. The summed E-state index contributed by atoms with van der Waals surface area (Å²) in [6.07, 6.45) is 3.55. The van der Waals surface area contributed by atoms with E-state index in [1.807, 2.05) is 13.8 Å². The molecule has 0 radical (unpaired) electrons. The van der Waals surface area contributed by atoms with Crippen molar-refractivity contribution in [2.75, 3.05) is 6.54 Å². The Balaban J connectivity index is 2.08. The summed E-state index contributed by atoms with van der Waals surface area (Å²) < 4.78 is 1.54. The van der Waals surface area contributed by atoms with Crippen LogP contribution in [0.15, 0.2) is 27.5 Å². The normalized spacial score (nSPS) is 10.8. The lowest BCUT2D eigenvalue weighted by molar-refractivity contribution is 0.659. The molecule has 2 N–H and O–H groups in total. The van der Waals surface area contributed by atoms with Gasteiger partial charge >= 0.3 is 5.69 Å². The molecule has 2 heterocycles. The minimum absolute atomic E-state index is 0.214. The molecule has 2 aromatic rings. The van der Waals surface area contributed by atoms with Gasteiger partial charge in [0.1, 0.15) is 0 Å². The van der Waals surface area contributed by atoms with Gasteiger partial charge in [0.15, 0.2) is 10.3 Å². The lowest BCUT2D eigenvalue weighted by Crippen LogP contribution is -2.16. The molecule has 0 aliphatic rings. The van der Waals surface area contributed by atoms with Crippen molar-refractivity contribution in [3.8, 4) is 0 Å². The predicted molar refractivity (Wildman–Crippen MR) is 72.1 cm³/mol. The van der Waals surface area contributed by atoms with Crippen LogP contribution in [0.25, 0.3) is 0 Å². The SMILES string of the molecule is CCNCc1cnc(Sc2n[nH]c(=O)n2CC)nc1. The highest BCUT2D eigenvalue weighted by Crippen LogP contribution is 2.20. The van der Waals surface area contributed by atoms with Gasteiger partial charge in [-0.15, -0.1) is 5.10 Å². The lowest BCUT2D eigenvalue weighted by atomic mass is 10.3. The second kappa shape index (κ2) is 6.48. The average molecular weight is 280 g/mol. The Morgan fingerprint density at radius 1 is 1.37 bits per heavy atom. The molecule has 8 heteroatoms. The molecule has 7 nitrogen and oxygen atoms in total. The van der Waals surface area contributed by atoms with Crippen molar-refractivity contribution >= 4 is 11.8 Å². The largest absolute Gasteiger partial charge is 0.343 e. The fourth-order valence-corrected chi connectivity index (χ4v) is 2.29. The zero-order valence-electron chi connectivity index (χ0n) is 10.9. The van der Waals surface area contributed by atoms with E-state index in [1.165, 1.54) is 11.8 Å². The van der Waals surface area contributed by atoms with Crippen LogP contribution in [0.2, 0.25) is 0 Å². The standard InChI is InChI=1S/C11H16N6OS/c1-3-12-5-8-6-13-9(14-7-8)19-11-16-15-10(18)17(11)4-2/h6-7,12H,3-5H2,1-2H3,(H,15,18). The number of nitrogens with one attached hydrogen (secondary N) is 2. The van der Waals surface area contributed by atoms with Crippen LogP contribution in [0, 0.1) is 0 Å². The monoisotopic (exact) mass is 280 g/mol. The van der Waals surface area contributed by atoms with Gasteiger partial charge < -0.3 is 5.32 Å². The van der Waals surface area contributed by atoms with Crippen molar-refractivity contribution in [1.82, 2.24) is 30.0 Å². The van der Waals surface area contributed by atoms with Crippen LogP contribution in [0.1, 0.15) is 19.4 Å². The first-order chi connectivity index (χ1) is 9.24. The van der Waals surface area contributed by atoms with Gasteiger partial charge in [-0.25, -0.2) is 19.9 Å². The van der Waals surface area contributed by atoms with E-state index >= 15 is 0 Å². The molecule has 0 atom stereocenters. The predicted octanol–water partition coefficient (Wildman–Crippen LogP) is 0.642. The first-order valence-electron chi connectivity index (χ1n) is 6.09. The summed E-state index contributed by atoms with van der Waals surface area (Å²) in [5, 5.41) is 10.7. The summed E-state index contributed by atoms with van der Waals surface area (Å²) in [5.41, 5.74) is 0.815. The second-order valence-corrected chi connectivity index (χ2v) is 4.75. The number of hydrogen-bond donors (Lipinski definition) is 2. The van der Waals surface area contributed by atoms with Gasteiger partial charge in [0.2, 0.25) is 0 Å². The second-order valence-electron chi connectivity index (χ2n) is 3.81. The van der Waals surface area contributed by atoms with E-state index in [9.17, 15) is 4.79 Å². The highest BCUT2D eigenvalue weighted by Gasteiger charge is 2.09. The summed E-state index contributed by atoms with van der Waals surface area (Å²) >= 11 is 1.27. The zero-order valence-corrected chi connectivity index (χ0v) is 11.7. The third kappa shape index (κ3) is 3.42. The molecule has 0 unspecified atom stereocenters. The molecule has 0 bridgehead atoms. The van der Waals surface area contributed by atoms with E-state index in [1.54, 1.807) is 17.0 Å². The van der Waals surface area contributed by atoms with Crippen LogP contribution >= 0.6 is 11.8 Å². The topological polar surface area (TPSA) is 88.5 Å². The molecular formula is C11H16N6OS. The van der Waals surface area contributed by atoms with Crippen molar-refractivity contribution in [3.05, 3.63) is 28.4 Å². The Kier molecular flexibility index (Phi) is 4.69. The maximum atomic E-state index is 11.4. The van der Waals surface area contributed by atoms with E-state index in [-0.39, 0.29) is 5.69 Å². The molecule has 0 aliphatic heterocycles. The van der Waals surface area contributed by atoms with Crippen molar-refractivity contribution < 1.29 is 0 Å². The van der Waals surface area contributed by atoms with Gasteiger partial charge in [-0.1, -0.05) is 6.92 Å². The van der Waals surface area contributed by atoms with Gasteiger partial charge in [-0.3, -0.25) is 4.57 Å². The fourth-order valence-electron chi connectivity index (χ4n) is 1.50. The van der Waals surface area contributed by atoms with Crippen molar-refractivity contribution in [3.63, 3.8) is 0 Å². The molecule has 19 heavy (non-hydrogen) atoms. The van der Waals surface area contributed by atoms with Crippen LogP contribution in [-0.2, 0) is 13.1 Å². The van der Waals surface area contributed by atoms with E-state index in [0.717, 1.165) is 18.7 Å². The zero-order chi connectivity index (χ0) is 13.7. The van der Waals surface area contributed by atoms with Crippen molar-refractivity contribution in [2.45, 2.75) is 37.2 Å². The van der Waals surface area contributed by atoms with Crippen LogP contribution in [-0.4, -0.2) is 31.3 Å². The summed E-state index contributed by atoms with van der Waals surface area (Å²) in [7, 11) is 0. The number of hydrogen-bond acceptors (Lipinski definition) is 6. The molecule has 0 amide bonds. The first kappa shape index (κ1) is 13.8. The van der Waals surface area contributed by atoms with Crippen molar-refractivity contribution in [2.24, 2.45) is 0 Å². The molecule has 2 aromatic heterocycles. The van der Waals surface area contributed by atoms with Crippen molar-refractivity contribution in [1.29, 1.82) is 0 Å². The molecule has 0 saturated heterocycles. The Morgan fingerprint density at radius 3 is 2.74 bits per heavy atom. The van der Waals surface area contributed by atoms with Crippen LogP contribution < -0.4 is 11.0 Å². The molecule has 0 fully saturated rings. The Hall–Kier alpha value is -1.67. The average Bonchev–Trinajstić information content (AvgIpc) is 2.78. The van der Waals surface area contributed by atoms with Gasteiger partial charge in [0.05, 0.1) is 0 Å². The third-order valence-electron chi connectivity index (χ3n) is 2.48. The smallest absolute Gasteiger partial charge is 0.313 e. The van der Waals surface area contributed by atoms with E-state index in [4.69, 9.17) is 0 Å². The van der Waals surface area contributed by atoms with Crippen LogP contribution in [0.5, 0.6) is 0 Å². The molecule has 0 saturated carbocycles. The minimum Gasteiger partial charge on any atom is -0.313 e. The number of aromatic amines is 1. The van der Waals surface area contributed by atoms with Crippen LogP contribution in [0.4, 0.5) is 0 Å². The highest BCUT2D eigenvalue weighted by molar-refractivity contribution is 7.99. The number of H-pyrrole nitrogens is 1. The number of nitrogens with zero attached hydrogens (tertiary/aromatic N) is 4. The van der Waals surface area contributed by atoms with Gasteiger partial charge in [-0.05, 0) is 25.2 Å².